The van der Waals surface area contributed by atoms with E-state index in [2.05, 4.69) is 35.2 Å². The number of carbonyl (C=O) groups excluding carboxylic acids is 1. The van der Waals surface area contributed by atoms with Crippen LogP contribution < -0.4 is 10.0 Å². The smallest absolute Gasteiger partial charge is 0.224 e. The molecule has 2 aromatic carbocycles. The average molecular weight is 598 g/mol. The molecule has 4 aromatic heterocycles. The van der Waals surface area contributed by atoms with Crippen molar-refractivity contribution < 1.29 is 17.6 Å². The van der Waals surface area contributed by atoms with E-state index in [1.807, 2.05) is 37.3 Å². The molecule has 12 heteroatoms. The largest absolute Gasteiger partial charge is 0.338 e. The number of nitrogens with zero attached hydrogens (tertiary/aromatic N) is 3. The van der Waals surface area contributed by atoms with Gasteiger partial charge in [-0.2, -0.15) is 5.10 Å². The summed E-state index contributed by atoms with van der Waals surface area (Å²) in [7, 11) is -3.43. The third kappa shape index (κ3) is 6.15. The number of rotatable bonds is 9. The maximum atomic E-state index is 14.6. The summed E-state index contributed by atoms with van der Waals surface area (Å²) in [6, 6.07) is 16.0. The Kier molecular flexibility index (Phi) is 7.46. The van der Waals surface area contributed by atoms with Gasteiger partial charge in [0.1, 0.15) is 17.2 Å². The summed E-state index contributed by atoms with van der Waals surface area (Å²) in [4.78, 5) is 24.2. The summed E-state index contributed by atoms with van der Waals surface area (Å²) in [5.41, 5.74) is 7.03. The molecular formula is C31H28FN7O3S. The van der Waals surface area contributed by atoms with Crippen molar-refractivity contribution in [1.82, 2.24) is 29.9 Å². The highest BCUT2D eigenvalue weighted by Crippen LogP contribution is 2.35. The second-order valence-electron chi connectivity index (χ2n) is 10.3. The highest BCUT2D eigenvalue weighted by Gasteiger charge is 2.16. The van der Waals surface area contributed by atoms with E-state index in [0.717, 1.165) is 45.7 Å². The third-order valence-corrected chi connectivity index (χ3v) is 7.66. The van der Waals surface area contributed by atoms with Crippen LogP contribution in [-0.2, 0) is 21.4 Å². The lowest BCUT2D eigenvalue weighted by Gasteiger charge is -2.08. The van der Waals surface area contributed by atoms with Gasteiger partial charge in [0.25, 0.3) is 0 Å². The fourth-order valence-corrected chi connectivity index (χ4v) is 5.47. The molecule has 1 amide bonds. The number of benzene rings is 2. The van der Waals surface area contributed by atoms with E-state index in [0.29, 0.717) is 40.3 Å². The van der Waals surface area contributed by atoms with Crippen molar-refractivity contribution in [3.05, 3.63) is 84.6 Å². The van der Waals surface area contributed by atoms with Crippen LogP contribution in [0.4, 0.5) is 10.1 Å². The lowest BCUT2D eigenvalue weighted by Crippen LogP contribution is -2.21. The molecule has 0 aliphatic rings. The Morgan fingerprint density at radius 3 is 2.65 bits per heavy atom. The Balaban J connectivity index is 1.37. The van der Waals surface area contributed by atoms with E-state index in [9.17, 15) is 17.6 Å². The third-order valence-electron chi connectivity index (χ3n) is 6.99. The van der Waals surface area contributed by atoms with Crippen LogP contribution in [0.25, 0.3) is 55.6 Å². The molecule has 6 aromatic rings. The summed E-state index contributed by atoms with van der Waals surface area (Å²) < 4.78 is 40.1. The zero-order chi connectivity index (χ0) is 30.1. The van der Waals surface area contributed by atoms with Crippen molar-refractivity contribution in [2.45, 2.75) is 26.3 Å². The summed E-state index contributed by atoms with van der Waals surface area (Å²) in [6.07, 6.45) is 7.26. The predicted octanol–water partition coefficient (Wildman–Crippen LogP) is 5.76. The number of aromatic amines is 2. The minimum absolute atomic E-state index is 0.0265. The van der Waals surface area contributed by atoms with E-state index in [4.69, 9.17) is 0 Å². The topological polar surface area (TPSA) is 146 Å². The highest BCUT2D eigenvalue weighted by molar-refractivity contribution is 7.88. The molecular weight excluding hydrogens is 569 g/mol. The SMILES string of the molecule is CCCC(=O)Nc1cncc(-c2ccc3[nH]nc(-c4cc5c(-c6cc(F)cc(CNS(C)(=O)=O)c6)ccnc5[nH]4)c3c2)c1. The van der Waals surface area contributed by atoms with Crippen molar-refractivity contribution >= 4 is 43.6 Å². The first-order chi connectivity index (χ1) is 20.7. The van der Waals surface area contributed by atoms with Gasteiger partial charge in [-0.1, -0.05) is 13.0 Å². The van der Waals surface area contributed by atoms with Gasteiger partial charge in [-0.3, -0.25) is 14.9 Å². The summed E-state index contributed by atoms with van der Waals surface area (Å²) in [5.74, 6) is -0.529. The van der Waals surface area contributed by atoms with Gasteiger partial charge in [0, 0.05) is 41.7 Å². The fourth-order valence-electron chi connectivity index (χ4n) is 5.04. The molecule has 0 radical (unpaired) electrons. The van der Waals surface area contributed by atoms with Gasteiger partial charge in [0.2, 0.25) is 15.9 Å². The molecule has 0 aliphatic carbocycles. The average Bonchev–Trinajstić information content (AvgIpc) is 3.59. The second-order valence-corrected chi connectivity index (χ2v) is 12.2. The quantitative estimate of drug-likeness (QED) is 0.167. The number of sulfonamides is 1. The van der Waals surface area contributed by atoms with Crippen LogP contribution in [0.2, 0.25) is 0 Å². The first-order valence-corrected chi connectivity index (χ1v) is 15.5. The van der Waals surface area contributed by atoms with Crippen LogP contribution in [0.3, 0.4) is 0 Å². The van der Waals surface area contributed by atoms with Crippen molar-refractivity contribution in [1.29, 1.82) is 0 Å². The van der Waals surface area contributed by atoms with Gasteiger partial charge in [-0.05, 0) is 77.2 Å². The number of fused-ring (bicyclic) bond motifs is 2. The number of H-pyrrole nitrogens is 2. The Morgan fingerprint density at radius 2 is 1.84 bits per heavy atom. The van der Waals surface area contributed by atoms with Crippen LogP contribution >= 0.6 is 0 Å². The predicted molar refractivity (Wildman–Crippen MR) is 165 cm³/mol. The number of pyridine rings is 2. The summed E-state index contributed by atoms with van der Waals surface area (Å²) in [6.45, 7) is 1.93. The van der Waals surface area contributed by atoms with Gasteiger partial charge < -0.3 is 10.3 Å². The number of halogens is 1. The summed E-state index contributed by atoms with van der Waals surface area (Å²) >= 11 is 0. The number of hydrogen-bond donors (Lipinski definition) is 4. The van der Waals surface area contributed by atoms with Crippen molar-refractivity contribution in [3.63, 3.8) is 0 Å². The van der Waals surface area contributed by atoms with Crippen LogP contribution in [0, 0.1) is 5.82 Å². The van der Waals surface area contributed by atoms with Crippen LogP contribution in [-0.4, -0.2) is 45.7 Å². The molecule has 43 heavy (non-hydrogen) atoms. The molecule has 0 bridgehead atoms. The molecule has 4 N–H and O–H groups in total. The fraction of sp³-hybridized carbons (Fsp3) is 0.161. The van der Waals surface area contributed by atoms with Gasteiger partial charge >= 0.3 is 0 Å². The molecule has 0 saturated heterocycles. The second kappa shape index (κ2) is 11.4. The van der Waals surface area contributed by atoms with Crippen molar-refractivity contribution in [2.75, 3.05) is 11.6 Å². The maximum absolute atomic E-state index is 14.6. The minimum Gasteiger partial charge on any atom is -0.338 e. The first kappa shape index (κ1) is 28.2. The van der Waals surface area contributed by atoms with E-state index in [1.54, 1.807) is 30.7 Å². The Morgan fingerprint density at radius 1 is 0.977 bits per heavy atom. The number of amides is 1. The number of carbonyl (C=O) groups is 1. The molecule has 4 heterocycles. The monoisotopic (exact) mass is 597 g/mol. The number of hydrogen-bond acceptors (Lipinski definition) is 6. The van der Waals surface area contributed by atoms with Crippen LogP contribution in [0.15, 0.2) is 73.2 Å². The molecule has 0 saturated carbocycles. The van der Waals surface area contributed by atoms with Gasteiger partial charge in [0.05, 0.1) is 29.4 Å². The van der Waals surface area contributed by atoms with Gasteiger partial charge in [0.15, 0.2) is 0 Å². The molecule has 0 aliphatic heterocycles. The highest BCUT2D eigenvalue weighted by atomic mass is 32.2. The van der Waals surface area contributed by atoms with Gasteiger partial charge in [-0.15, -0.1) is 0 Å². The molecule has 10 nitrogen and oxygen atoms in total. The van der Waals surface area contributed by atoms with Crippen LogP contribution in [0.5, 0.6) is 0 Å². The standard InChI is InChI=1S/C31H28FN7O3S/c1-3-4-29(40)36-23-12-21(16-33-17-23)19-5-6-27-26(13-19)30(39-38-27)28-14-25-24(7-8-34-31(25)37-28)20-9-18(10-22(32)11-20)15-35-43(2,41)42/h5-14,16-17,35H,3-4,15H2,1-2H3,(H,34,37)(H,36,40)(H,38,39). The number of aromatic nitrogens is 5. The molecule has 0 atom stereocenters. The van der Waals surface area contributed by atoms with Crippen LogP contribution in [0.1, 0.15) is 25.3 Å². The van der Waals surface area contributed by atoms with E-state index in [-0.39, 0.29) is 12.5 Å². The molecule has 0 unspecified atom stereocenters. The van der Waals surface area contributed by atoms with E-state index < -0.39 is 15.8 Å². The molecule has 0 spiro atoms. The Labute approximate surface area is 246 Å². The van der Waals surface area contributed by atoms with Crippen molar-refractivity contribution in [2.24, 2.45) is 0 Å². The lowest BCUT2D eigenvalue weighted by molar-refractivity contribution is -0.116. The zero-order valence-electron chi connectivity index (χ0n) is 23.4. The van der Waals surface area contributed by atoms with E-state index >= 15 is 0 Å². The molecule has 6 rings (SSSR count). The molecule has 218 valence electrons. The summed E-state index contributed by atoms with van der Waals surface area (Å²) in [5, 5.41) is 12.2. The van der Waals surface area contributed by atoms with Crippen molar-refractivity contribution in [3.8, 4) is 33.6 Å². The first-order valence-electron chi connectivity index (χ1n) is 13.6. The molecule has 0 fully saturated rings. The number of anilines is 1. The van der Waals surface area contributed by atoms with E-state index in [1.165, 1.54) is 12.1 Å². The lowest BCUT2D eigenvalue weighted by atomic mass is 10.0. The zero-order valence-corrected chi connectivity index (χ0v) is 24.2. The maximum Gasteiger partial charge on any atom is 0.224 e. The number of nitrogens with one attached hydrogen (secondary N) is 4. The Hall–Kier alpha value is -4.94. The minimum atomic E-state index is -3.43. The Bertz CT molecular complexity index is 2100. The van der Waals surface area contributed by atoms with Gasteiger partial charge in [-0.25, -0.2) is 22.5 Å². The normalized spacial score (nSPS) is 11.8.